The van der Waals surface area contributed by atoms with Gasteiger partial charge in [0.15, 0.2) is 0 Å². The highest BCUT2D eigenvalue weighted by Crippen LogP contribution is 2.64. The van der Waals surface area contributed by atoms with Crippen molar-refractivity contribution in [3.8, 4) is 11.1 Å². The lowest BCUT2D eigenvalue weighted by Gasteiger charge is -2.41. The number of hydrogen-bond acceptors (Lipinski definition) is 2. The number of allylic oxidation sites excluding steroid dienone is 25. The monoisotopic (exact) mass is 833 g/mol. The molecule has 0 radical (unpaired) electrons. The van der Waals surface area contributed by atoms with Gasteiger partial charge in [0.25, 0.3) is 0 Å². The standard InChI is InChI=1S/C61H55NS/c1-5-16-42(17-6-1)44-28-34-49(35-29-44)62(50-36-30-45(31-37-50)43-18-7-2-8-19-43)51-38-32-46(33-39-51)52-25-15-26-53-54-40-41-57-58(60(54)63-59(52)53)55-24-13-14-27-56(55)61(57,47-20-9-3-10-21-47)48-22-11-4-12-23-48/h1-9,11,13,15-18,20,22,24-26,28-32,34-36,38,40-41,43,50,53,59H,10,12,14,19,21,23,27,33,37,39H2. The number of benzene rings is 3. The van der Waals surface area contributed by atoms with E-state index in [0.29, 0.717) is 17.1 Å². The molecule has 8 aliphatic carbocycles. The average molecular weight is 834 g/mol. The van der Waals surface area contributed by atoms with E-state index < -0.39 is 0 Å². The van der Waals surface area contributed by atoms with Gasteiger partial charge in [-0.2, -0.15) is 0 Å². The number of hydrogen-bond donors (Lipinski definition) is 0. The van der Waals surface area contributed by atoms with Gasteiger partial charge < -0.3 is 4.90 Å². The molecular formula is C61H55NS. The fourth-order valence-electron chi connectivity index (χ4n) is 12.3. The third kappa shape index (κ3) is 6.59. The maximum Gasteiger partial charge on any atom is 0.0603 e. The third-order valence-corrected chi connectivity index (χ3v) is 16.7. The zero-order valence-electron chi connectivity index (χ0n) is 36.1. The first kappa shape index (κ1) is 38.8. The van der Waals surface area contributed by atoms with Crippen LogP contribution in [-0.2, 0) is 5.41 Å². The van der Waals surface area contributed by atoms with Gasteiger partial charge in [0.2, 0.25) is 0 Å². The van der Waals surface area contributed by atoms with Crippen molar-refractivity contribution in [2.75, 3.05) is 4.90 Å². The Hall–Kier alpha value is -5.83. The van der Waals surface area contributed by atoms with Crippen LogP contribution in [-0.4, -0.2) is 11.3 Å². The smallest absolute Gasteiger partial charge is 0.0603 e. The number of thioether (sulfide) groups is 1. The highest BCUT2D eigenvalue weighted by Gasteiger charge is 2.52. The van der Waals surface area contributed by atoms with E-state index in [1.165, 1.54) is 55.3 Å². The maximum absolute atomic E-state index is 2.63. The van der Waals surface area contributed by atoms with Crippen molar-refractivity contribution in [2.45, 2.75) is 91.7 Å². The highest BCUT2D eigenvalue weighted by molar-refractivity contribution is 8.00. The van der Waals surface area contributed by atoms with E-state index >= 15 is 0 Å². The van der Waals surface area contributed by atoms with Crippen LogP contribution in [0.15, 0.2) is 232 Å². The first-order chi connectivity index (χ1) is 31.3. The second-order valence-electron chi connectivity index (χ2n) is 18.5. The van der Waals surface area contributed by atoms with E-state index in [1.807, 2.05) is 0 Å². The summed E-state index contributed by atoms with van der Waals surface area (Å²) in [5.74, 6) is 0.857. The summed E-state index contributed by atoms with van der Waals surface area (Å²) < 4.78 is 0. The van der Waals surface area contributed by atoms with Crippen LogP contribution in [0.3, 0.4) is 0 Å². The molecule has 3 aromatic rings. The molecule has 0 saturated carbocycles. The molecule has 0 aromatic heterocycles. The Morgan fingerprint density at radius 1 is 0.603 bits per heavy atom. The lowest BCUT2D eigenvalue weighted by atomic mass is 9.61. The zero-order chi connectivity index (χ0) is 41.7. The predicted molar refractivity (Wildman–Crippen MR) is 268 cm³/mol. The second kappa shape index (κ2) is 16.4. The van der Waals surface area contributed by atoms with Crippen molar-refractivity contribution in [3.05, 3.63) is 244 Å². The fourth-order valence-corrected chi connectivity index (χ4v) is 14.0. The molecule has 310 valence electrons. The first-order valence-corrected chi connectivity index (χ1v) is 24.6. The molecule has 0 saturated heterocycles. The van der Waals surface area contributed by atoms with Crippen LogP contribution in [0.5, 0.6) is 0 Å². The topological polar surface area (TPSA) is 3.24 Å². The Morgan fingerprint density at radius 3 is 2.13 bits per heavy atom. The van der Waals surface area contributed by atoms with E-state index in [2.05, 4.69) is 205 Å². The number of rotatable bonds is 8. The van der Waals surface area contributed by atoms with Crippen LogP contribution in [0.1, 0.15) is 86.8 Å². The maximum atomic E-state index is 2.63. The molecule has 4 atom stereocenters. The van der Waals surface area contributed by atoms with Crippen LogP contribution >= 0.6 is 11.8 Å². The van der Waals surface area contributed by atoms with E-state index in [0.717, 1.165) is 64.2 Å². The molecule has 0 fully saturated rings. The Morgan fingerprint density at radius 2 is 1.41 bits per heavy atom. The molecule has 0 bridgehead atoms. The molecule has 1 nitrogen and oxygen atoms in total. The van der Waals surface area contributed by atoms with Gasteiger partial charge in [-0.1, -0.05) is 181 Å². The summed E-state index contributed by atoms with van der Waals surface area (Å²) in [4.78, 5) is 4.17. The predicted octanol–water partition coefficient (Wildman–Crippen LogP) is 15.8. The Kier molecular flexibility index (Phi) is 10.1. The SMILES string of the molecule is C1=CCCC(C2(C3=CC=CCC3)C3=C(C=CCC3)c3c2ccc2c3SC3C(C4=CC=C(N(c5ccc(-c6ccccc6)cc5)C5C=CC(C6C=CC=CC6)=CC5)CC4)=CC=CC23)=C1. The summed E-state index contributed by atoms with van der Waals surface area (Å²) in [6.45, 7) is 0. The van der Waals surface area contributed by atoms with Gasteiger partial charge in [-0.25, -0.2) is 0 Å². The lowest BCUT2D eigenvalue weighted by molar-refractivity contribution is 0.603. The van der Waals surface area contributed by atoms with Crippen LogP contribution in [0.2, 0.25) is 0 Å². The van der Waals surface area contributed by atoms with Gasteiger partial charge in [-0.05, 0) is 133 Å². The number of anilines is 1. The highest BCUT2D eigenvalue weighted by atomic mass is 32.2. The molecule has 3 aromatic carbocycles. The Labute approximate surface area is 378 Å². The van der Waals surface area contributed by atoms with Gasteiger partial charge in [-0.3, -0.25) is 0 Å². The molecule has 0 N–H and O–H groups in total. The van der Waals surface area contributed by atoms with E-state index in [1.54, 1.807) is 27.8 Å². The molecule has 9 aliphatic rings. The third-order valence-electron chi connectivity index (χ3n) is 15.2. The van der Waals surface area contributed by atoms with E-state index in [9.17, 15) is 0 Å². The van der Waals surface area contributed by atoms with E-state index in [4.69, 9.17) is 0 Å². The van der Waals surface area contributed by atoms with Gasteiger partial charge in [0, 0.05) is 38.9 Å². The van der Waals surface area contributed by atoms with Crippen LogP contribution in [0.25, 0.3) is 16.7 Å². The fraction of sp³-hybridized carbons (Fsp3) is 0.246. The quantitative estimate of drug-likeness (QED) is 0.222. The van der Waals surface area contributed by atoms with Crippen LogP contribution in [0, 0.1) is 5.92 Å². The van der Waals surface area contributed by atoms with Gasteiger partial charge in [0.05, 0.1) is 11.5 Å². The van der Waals surface area contributed by atoms with Gasteiger partial charge >= 0.3 is 0 Å². The number of nitrogens with zero attached hydrogens (tertiary/aromatic N) is 1. The summed E-state index contributed by atoms with van der Waals surface area (Å²) in [7, 11) is 0. The molecule has 1 aliphatic heterocycles. The zero-order valence-corrected chi connectivity index (χ0v) is 37.0. The molecule has 0 amide bonds. The molecule has 2 heteroatoms. The lowest BCUT2D eigenvalue weighted by Crippen LogP contribution is -2.34. The molecular weight excluding hydrogens is 779 g/mol. The number of fused-ring (bicyclic) bond motifs is 6. The Balaban J connectivity index is 0.879. The van der Waals surface area contributed by atoms with Crippen molar-refractivity contribution in [1.29, 1.82) is 0 Å². The molecule has 63 heavy (non-hydrogen) atoms. The summed E-state index contributed by atoms with van der Waals surface area (Å²) in [6, 6.07) is 25.4. The van der Waals surface area contributed by atoms with Crippen LogP contribution in [0.4, 0.5) is 5.69 Å². The summed E-state index contributed by atoms with van der Waals surface area (Å²) >= 11 is 2.16. The van der Waals surface area contributed by atoms with Gasteiger partial charge in [-0.15, -0.1) is 11.8 Å². The average Bonchev–Trinajstić information content (AvgIpc) is 3.90. The van der Waals surface area contributed by atoms with Crippen molar-refractivity contribution >= 4 is 23.0 Å². The van der Waals surface area contributed by atoms with Crippen molar-refractivity contribution in [1.82, 2.24) is 0 Å². The molecule has 12 rings (SSSR count). The van der Waals surface area contributed by atoms with Gasteiger partial charge in [0.1, 0.15) is 0 Å². The summed E-state index contributed by atoms with van der Waals surface area (Å²) in [5, 5.41) is 0.383. The summed E-state index contributed by atoms with van der Waals surface area (Å²) in [5.41, 5.74) is 20.5. The minimum absolute atomic E-state index is 0.126. The normalized spacial score (nSPS) is 25.9. The summed E-state index contributed by atoms with van der Waals surface area (Å²) in [6.07, 6.45) is 58.9. The van der Waals surface area contributed by atoms with Crippen LogP contribution < -0.4 is 4.90 Å². The molecule has 0 spiro atoms. The van der Waals surface area contributed by atoms with Crippen molar-refractivity contribution in [2.24, 2.45) is 5.92 Å². The minimum Gasteiger partial charge on any atom is -0.338 e. The van der Waals surface area contributed by atoms with Crippen molar-refractivity contribution in [3.63, 3.8) is 0 Å². The van der Waals surface area contributed by atoms with E-state index in [-0.39, 0.29) is 11.5 Å². The largest absolute Gasteiger partial charge is 0.338 e. The Bertz CT molecular complexity index is 2780. The minimum atomic E-state index is -0.126. The first-order valence-electron chi connectivity index (χ1n) is 23.7. The molecule has 1 heterocycles. The van der Waals surface area contributed by atoms with Crippen molar-refractivity contribution < 1.29 is 0 Å². The molecule has 4 unspecified atom stereocenters. The second-order valence-corrected chi connectivity index (χ2v) is 19.7.